The van der Waals surface area contributed by atoms with Crippen LogP contribution >= 0.6 is 0 Å². The summed E-state index contributed by atoms with van der Waals surface area (Å²) in [5.74, 6) is -1.69. The molecule has 42 heavy (non-hydrogen) atoms. The summed E-state index contributed by atoms with van der Waals surface area (Å²) in [7, 11) is -4.43. The number of hydrogen-bond donors (Lipinski definition) is 1. The number of benzene rings is 2. The van der Waals surface area contributed by atoms with E-state index in [1.165, 1.54) is 19.1 Å². The molecule has 0 bridgehead atoms. The molecule has 1 aliphatic rings. The predicted molar refractivity (Wildman–Crippen MR) is 138 cm³/mol. The average Bonchev–Trinajstić information content (AvgIpc) is 3.33. The first kappa shape index (κ1) is 30.3. The Bertz CT molecular complexity index is 1610. The molecule has 1 saturated heterocycles. The Balaban J connectivity index is 1.50. The van der Waals surface area contributed by atoms with Gasteiger partial charge in [0.15, 0.2) is 11.7 Å². The summed E-state index contributed by atoms with van der Waals surface area (Å²) in [4.78, 5) is 27.9. The Morgan fingerprint density at radius 2 is 1.81 bits per heavy atom. The molecule has 1 aromatic heterocycles. The van der Waals surface area contributed by atoms with Gasteiger partial charge in [0.1, 0.15) is 0 Å². The van der Waals surface area contributed by atoms with Crippen LogP contribution in [0.15, 0.2) is 64.8 Å². The molecule has 2 heterocycles. The maximum atomic E-state index is 13.5. The second-order valence-electron chi connectivity index (χ2n) is 9.24. The third kappa shape index (κ3) is 6.79. The van der Waals surface area contributed by atoms with Crippen LogP contribution in [0.4, 0.5) is 13.2 Å². The van der Waals surface area contributed by atoms with Gasteiger partial charge in [-0.15, -0.1) is 5.01 Å². The normalized spacial score (nSPS) is 16.4. The number of aromatic nitrogens is 2. The average molecular weight is 611 g/mol. The van der Waals surface area contributed by atoms with E-state index in [4.69, 9.17) is 4.84 Å². The summed E-state index contributed by atoms with van der Waals surface area (Å²) in [5.41, 5.74) is 0.515. The lowest BCUT2D eigenvalue weighted by molar-refractivity contribution is -0.730. The number of ether oxygens (including phenoxy) is 1. The van der Waals surface area contributed by atoms with Gasteiger partial charge in [-0.2, -0.15) is 18.3 Å². The van der Waals surface area contributed by atoms with E-state index in [0.717, 1.165) is 40.4 Å². The monoisotopic (exact) mass is 610 g/mol. The Labute approximate surface area is 237 Å². The number of rotatable bonds is 9. The Kier molecular flexibility index (Phi) is 8.42. The molecule has 1 N–H and O–H groups in total. The maximum absolute atomic E-state index is 13.5. The molecule has 1 fully saturated rings. The molecule has 3 aromatic rings. The van der Waals surface area contributed by atoms with Crippen LogP contribution in [0.2, 0.25) is 0 Å². The smallest absolute Gasteiger partial charge is 0.435 e. The fraction of sp³-hybridized carbons (Fsp3) is 0.320. The van der Waals surface area contributed by atoms with E-state index >= 15 is 0 Å². The molecule has 1 amide bonds. The highest BCUT2D eigenvalue weighted by Gasteiger charge is 2.42. The minimum Gasteiger partial charge on any atom is -0.569 e. The van der Waals surface area contributed by atoms with E-state index in [9.17, 15) is 36.4 Å². The second kappa shape index (κ2) is 11.7. The minimum absolute atomic E-state index is 0.0555. The van der Waals surface area contributed by atoms with Crippen LogP contribution in [-0.2, 0) is 35.4 Å². The number of nitrogens with one attached hydrogen (secondary N) is 1. The minimum atomic E-state index is -4.71. The van der Waals surface area contributed by atoms with Crippen LogP contribution in [0.3, 0.4) is 0 Å². The topological polar surface area (TPSA) is 158 Å². The van der Waals surface area contributed by atoms with Crippen molar-refractivity contribution in [1.82, 2.24) is 19.5 Å². The van der Waals surface area contributed by atoms with Crippen molar-refractivity contribution in [3.63, 3.8) is 0 Å². The fourth-order valence-corrected chi connectivity index (χ4v) is 4.94. The molecular weight excluding hydrogens is 585 g/mol. The molecule has 0 saturated carbocycles. The first-order valence-electron chi connectivity index (χ1n) is 12.3. The van der Waals surface area contributed by atoms with Crippen molar-refractivity contribution >= 4 is 21.9 Å². The summed E-state index contributed by atoms with van der Waals surface area (Å²) < 4.78 is 73.7. The Morgan fingerprint density at radius 3 is 2.36 bits per heavy atom. The summed E-state index contributed by atoms with van der Waals surface area (Å²) >= 11 is 0. The lowest BCUT2D eigenvalue weighted by Gasteiger charge is -2.34. The van der Waals surface area contributed by atoms with Crippen molar-refractivity contribution in [2.24, 2.45) is 5.28 Å². The van der Waals surface area contributed by atoms with Crippen molar-refractivity contribution < 1.29 is 45.7 Å². The molecular formula is C25H25F3N6O7S. The van der Waals surface area contributed by atoms with Gasteiger partial charge < -0.3 is 9.94 Å². The van der Waals surface area contributed by atoms with Crippen LogP contribution in [-0.4, -0.2) is 58.9 Å². The molecule has 1 unspecified atom stereocenters. The molecule has 13 nitrogen and oxygen atoms in total. The number of hydrazine groups is 1. The quantitative estimate of drug-likeness (QED) is 0.126. The van der Waals surface area contributed by atoms with Crippen LogP contribution in [0, 0.1) is 12.1 Å². The molecule has 17 heteroatoms. The summed E-state index contributed by atoms with van der Waals surface area (Å²) in [6.07, 6.45) is -5.75. The van der Waals surface area contributed by atoms with E-state index in [1.807, 2.05) is 11.6 Å². The Morgan fingerprint density at radius 1 is 1.17 bits per heavy atom. The Hall–Kier alpha value is -4.67. The number of halogens is 3. The van der Waals surface area contributed by atoms with Gasteiger partial charge in [0, 0.05) is 25.8 Å². The van der Waals surface area contributed by atoms with E-state index in [2.05, 4.69) is 15.1 Å². The zero-order chi connectivity index (χ0) is 30.8. The predicted octanol–water partition coefficient (Wildman–Crippen LogP) is 3.46. The number of carbonyl (C=O) groups is 2. The fourth-order valence-electron chi connectivity index (χ4n) is 3.93. The zero-order valence-electron chi connectivity index (χ0n) is 22.4. The van der Waals surface area contributed by atoms with Gasteiger partial charge >= 0.3 is 12.1 Å². The van der Waals surface area contributed by atoms with Crippen LogP contribution < -0.4 is 4.72 Å². The van der Waals surface area contributed by atoms with Gasteiger partial charge in [0.2, 0.25) is 5.28 Å². The SMILES string of the molecule is CC(=O)OC(C)O/N=[N+](\[O-])N1CC[C@H]1C(=O)NS(=O)(=O)c1ccc(-n2nc(C(F)(F)F)cc2-c2ccc(C)cc2)cc1. The largest absolute Gasteiger partial charge is 0.569 e. The van der Waals surface area contributed by atoms with Crippen LogP contribution in [0.25, 0.3) is 16.9 Å². The maximum Gasteiger partial charge on any atom is 0.435 e. The van der Waals surface area contributed by atoms with Crippen molar-refractivity contribution in [1.29, 1.82) is 0 Å². The van der Waals surface area contributed by atoms with Crippen LogP contribution in [0.1, 0.15) is 31.5 Å². The van der Waals surface area contributed by atoms with Crippen LogP contribution in [0.5, 0.6) is 0 Å². The van der Waals surface area contributed by atoms with Gasteiger partial charge in [-0.05, 0) is 37.3 Å². The number of carbonyl (C=O) groups excluding carboxylic acids is 2. The lowest BCUT2D eigenvalue weighted by atomic mass is 10.1. The standard InChI is InChI=1S/C25H25F3N6O7S/c1-15-4-6-18(7-5-15)22-14-23(25(26,27)28)29-33(22)19-8-10-20(11-9-19)42(38,39)30-24(36)21-12-13-32(21)34(37)31-41-17(3)40-16(2)35/h4-11,14,17,21H,12-13H2,1-3H3,(H,30,36)/b34-31-/t17?,21-/m0/s1. The third-order valence-corrected chi connectivity index (χ3v) is 7.45. The number of amides is 1. The van der Waals surface area contributed by atoms with Crippen molar-refractivity contribution in [2.45, 2.75) is 50.6 Å². The zero-order valence-corrected chi connectivity index (χ0v) is 23.2. The van der Waals surface area contributed by atoms with Gasteiger partial charge in [0.05, 0.1) is 27.8 Å². The van der Waals surface area contributed by atoms with Crippen molar-refractivity contribution in [3.05, 3.63) is 71.1 Å². The highest BCUT2D eigenvalue weighted by molar-refractivity contribution is 7.90. The number of aryl methyl sites for hydroxylation is 1. The molecule has 2 aromatic carbocycles. The number of hydrogen-bond acceptors (Lipinski definition) is 9. The van der Waals surface area contributed by atoms with Gasteiger partial charge in [-0.25, -0.2) is 17.8 Å². The number of alkyl halides is 3. The molecule has 0 radical (unpaired) electrons. The number of esters is 1. The molecule has 224 valence electrons. The molecule has 1 aliphatic heterocycles. The molecule has 2 atom stereocenters. The van der Waals surface area contributed by atoms with Crippen molar-refractivity contribution in [2.75, 3.05) is 6.54 Å². The molecule has 0 aliphatic carbocycles. The number of sulfonamides is 1. The number of nitrogens with zero attached hydrogens (tertiary/aromatic N) is 5. The lowest BCUT2D eigenvalue weighted by Crippen LogP contribution is -2.59. The van der Waals surface area contributed by atoms with E-state index < -0.39 is 46.1 Å². The molecule has 4 rings (SSSR count). The van der Waals surface area contributed by atoms with Gasteiger partial charge in [-0.1, -0.05) is 29.8 Å². The van der Waals surface area contributed by atoms with Gasteiger partial charge in [-0.3, -0.25) is 14.4 Å². The highest BCUT2D eigenvalue weighted by Crippen LogP contribution is 2.33. The van der Waals surface area contributed by atoms with Crippen molar-refractivity contribution in [3.8, 4) is 16.9 Å². The summed E-state index contributed by atoms with van der Waals surface area (Å²) in [6.45, 7) is 4.33. The van der Waals surface area contributed by atoms with E-state index in [1.54, 1.807) is 24.3 Å². The van der Waals surface area contributed by atoms with E-state index in [-0.39, 0.29) is 34.2 Å². The molecule has 0 spiro atoms. The highest BCUT2D eigenvalue weighted by atomic mass is 32.2. The first-order valence-corrected chi connectivity index (χ1v) is 13.8. The van der Waals surface area contributed by atoms with Gasteiger partial charge in [0.25, 0.3) is 22.2 Å². The summed E-state index contributed by atoms with van der Waals surface area (Å²) in [5, 5.41) is 19.9. The second-order valence-corrected chi connectivity index (χ2v) is 10.9. The summed E-state index contributed by atoms with van der Waals surface area (Å²) in [6, 6.07) is 11.2. The third-order valence-electron chi connectivity index (χ3n) is 6.08. The van der Waals surface area contributed by atoms with E-state index in [0.29, 0.717) is 5.56 Å². The first-order chi connectivity index (χ1) is 19.7.